The van der Waals surface area contributed by atoms with E-state index in [9.17, 15) is 22.0 Å². The van der Waals surface area contributed by atoms with Crippen LogP contribution in [0.15, 0.2) is 12.4 Å². The summed E-state index contributed by atoms with van der Waals surface area (Å²) in [4.78, 5) is 0. The summed E-state index contributed by atoms with van der Waals surface area (Å²) >= 11 is 0. The number of alkyl halides is 4. The van der Waals surface area contributed by atoms with Gasteiger partial charge in [-0.3, -0.25) is 0 Å². The van der Waals surface area contributed by atoms with E-state index in [0.717, 1.165) is 0 Å². The monoisotopic (exact) mass is 176 g/mol. The Bertz CT molecular complexity index is 98.0. The lowest BCUT2D eigenvalue weighted by Gasteiger charge is -2.04. The molecule has 0 saturated heterocycles. The molecule has 5 heteroatoms. The van der Waals surface area contributed by atoms with E-state index in [4.69, 9.17) is 0 Å². The number of halogens is 5. The maximum atomic E-state index is 11.1. The molecule has 0 amide bonds. The smallest absolute Gasteiger partial charge is 0.238 e. The van der Waals surface area contributed by atoms with Crippen LogP contribution in [0.25, 0.3) is 0 Å². The Hall–Kier alpha value is -0.610. The van der Waals surface area contributed by atoms with Crippen molar-refractivity contribution in [3.63, 3.8) is 0 Å². The third kappa shape index (κ3) is 12.6. The molecular formula is C6H9F5. The Kier molecular flexibility index (Phi) is 7.24. The average Bonchev–Trinajstić information content (AvgIpc) is 1.87. The van der Waals surface area contributed by atoms with Crippen molar-refractivity contribution < 1.29 is 22.0 Å². The lowest BCUT2D eigenvalue weighted by atomic mass is 10.4. The van der Waals surface area contributed by atoms with Crippen LogP contribution in [0.5, 0.6) is 0 Å². The lowest BCUT2D eigenvalue weighted by Crippen LogP contribution is -2.20. The first-order valence-corrected chi connectivity index (χ1v) is 2.78. The second kappa shape index (κ2) is 6.12. The maximum Gasteiger partial charge on any atom is 0.419 e. The van der Waals surface area contributed by atoms with Gasteiger partial charge in [0.2, 0.25) is 0 Å². The van der Waals surface area contributed by atoms with E-state index in [1.807, 2.05) is 0 Å². The van der Waals surface area contributed by atoms with E-state index in [1.165, 1.54) is 6.08 Å². The van der Waals surface area contributed by atoms with Crippen molar-refractivity contribution in [2.45, 2.75) is 26.2 Å². The molecule has 0 aromatic carbocycles. The summed E-state index contributed by atoms with van der Waals surface area (Å²) < 4.78 is 54.0. The molecule has 0 spiro atoms. The van der Waals surface area contributed by atoms with Gasteiger partial charge >= 0.3 is 6.18 Å². The number of hydrogen-bond acceptors (Lipinski definition) is 0. The minimum absolute atomic E-state index is 0.458. The zero-order chi connectivity index (χ0) is 9.49. The van der Waals surface area contributed by atoms with E-state index in [1.54, 1.807) is 6.92 Å². The summed E-state index contributed by atoms with van der Waals surface area (Å²) in [5.41, 5.74) is 0. The molecule has 0 aromatic rings. The molecule has 1 atom stereocenters. The minimum Gasteiger partial charge on any atom is -0.238 e. The molecule has 0 bridgehead atoms. The second-order valence-electron chi connectivity index (χ2n) is 1.62. The molecule has 0 rings (SSSR count). The van der Waals surface area contributed by atoms with Crippen LogP contribution in [-0.4, -0.2) is 12.3 Å². The predicted octanol–water partition coefficient (Wildman–Crippen LogP) is 3.40. The van der Waals surface area contributed by atoms with Gasteiger partial charge in [0, 0.05) is 0 Å². The molecule has 0 aliphatic heterocycles. The molecule has 0 aromatic heterocycles. The predicted molar refractivity (Wildman–Crippen MR) is 32.5 cm³/mol. The number of hydrogen-bond donors (Lipinski definition) is 0. The summed E-state index contributed by atoms with van der Waals surface area (Å²) in [5.74, 6) is 0. The highest BCUT2D eigenvalue weighted by molar-refractivity contribution is 4.61. The van der Waals surface area contributed by atoms with E-state index in [0.29, 0.717) is 13.3 Å². The summed E-state index contributed by atoms with van der Waals surface area (Å²) in [6.07, 6.45) is -5.53. The minimum atomic E-state index is -4.67. The highest BCUT2D eigenvalue weighted by Gasteiger charge is 2.35. The molecule has 11 heavy (non-hydrogen) atoms. The van der Waals surface area contributed by atoms with E-state index >= 15 is 0 Å². The van der Waals surface area contributed by atoms with Crippen LogP contribution in [-0.2, 0) is 0 Å². The molecular weight excluding hydrogens is 167 g/mol. The van der Waals surface area contributed by atoms with Gasteiger partial charge in [0.1, 0.15) is 0 Å². The molecule has 0 aliphatic carbocycles. The molecule has 0 N–H and O–H groups in total. The largest absolute Gasteiger partial charge is 0.419 e. The molecule has 1 unspecified atom stereocenters. The number of allylic oxidation sites excluding steroid dienone is 1. The molecule has 0 heterocycles. The Balaban J connectivity index is 0. The van der Waals surface area contributed by atoms with Crippen LogP contribution in [0.3, 0.4) is 0 Å². The third-order valence-corrected chi connectivity index (χ3v) is 0.577. The maximum absolute atomic E-state index is 11.1. The van der Waals surface area contributed by atoms with Crippen molar-refractivity contribution in [3.05, 3.63) is 12.4 Å². The van der Waals surface area contributed by atoms with Crippen LogP contribution in [0, 0.1) is 0 Å². The van der Waals surface area contributed by atoms with Crippen molar-refractivity contribution in [1.82, 2.24) is 0 Å². The van der Waals surface area contributed by atoms with E-state index in [2.05, 4.69) is 0 Å². The van der Waals surface area contributed by atoms with Crippen molar-refractivity contribution >= 4 is 0 Å². The van der Waals surface area contributed by atoms with E-state index in [-0.39, 0.29) is 0 Å². The number of rotatable bonds is 0. The average molecular weight is 176 g/mol. The first-order chi connectivity index (χ1) is 4.86. The first-order valence-electron chi connectivity index (χ1n) is 2.78. The highest BCUT2D eigenvalue weighted by atomic mass is 19.4. The van der Waals surface area contributed by atoms with Gasteiger partial charge < -0.3 is 0 Å². The zero-order valence-corrected chi connectivity index (χ0v) is 6.12. The van der Waals surface area contributed by atoms with Crippen molar-refractivity contribution in [2.24, 2.45) is 0 Å². The molecule has 0 saturated carbocycles. The van der Waals surface area contributed by atoms with Gasteiger partial charge in [0.25, 0.3) is 0 Å². The van der Waals surface area contributed by atoms with Crippen molar-refractivity contribution in [2.75, 3.05) is 0 Å². The Morgan fingerprint density at radius 1 is 1.27 bits per heavy atom. The van der Waals surface area contributed by atoms with Crippen molar-refractivity contribution in [3.8, 4) is 0 Å². The van der Waals surface area contributed by atoms with Crippen molar-refractivity contribution in [1.29, 1.82) is 0 Å². The fourth-order valence-electron chi connectivity index (χ4n) is 0. The fourth-order valence-corrected chi connectivity index (χ4v) is 0. The normalized spacial score (nSPS) is 14.1. The molecule has 0 fully saturated rings. The molecule has 0 radical (unpaired) electrons. The van der Waals surface area contributed by atoms with Crippen LogP contribution >= 0.6 is 0 Å². The van der Waals surface area contributed by atoms with Gasteiger partial charge in [-0.2, -0.15) is 13.2 Å². The van der Waals surface area contributed by atoms with Crippen LogP contribution in [0.2, 0.25) is 0 Å². The topological polar surface area (TPSA) is 0 Å². The Morgan fingerprint density at radius 2 is 1.45 bits per heavy atom. The van der Waals surface area contributed by atoms with Crippen LogP contribution in [0.1, 0.15) is 13.8 Å². The lowest BCUT2D eigenvalue weighted by molar-refractivity contribution is -0.174. The van der Waals surface area contributed by atoms with Crippen LogP contribution in [0.4, 0.5) is 22.0 Å². The van der Waals surface area contributed by atoms with Gasteiger partial charge in [-0.1, -0.05) is 6.08 Å². The summed E-state index contributed by atoms with van der Waals surface area (Å²) in [5, 5.41) is 0. The molecule has 0 aliphatic rings. The van der Waals surface area contributed by atoms with Gasteiger partial charge in [0.05, 0.1) is 6.33 Å². The quantitative estimate of drug-likeness (QED) is 0.496. The fraction of sp³-hybridized carbons (Fsp3) is 0.667. The van der Waals surface area contributed by atoms with Gasteiger partial charge in [-0.05, 0) is 13.8 Å². The second-order valence-corrected chi connectivity index (χ2v) is 1.62. The SMILES string of the molecule is CC(F)C(F)(F)F.CC=CF. The Morgan fingerprint density at radius 3 is 1.45 bits per heavy atom. The third-order valence-electron chi connectivity index (χ3n) is 0.577. The summed E-state index contributed by atoms with van der Waals surface area (Å²) in [6.45, 7) is 2.08. The van der Waals surface area contributed by atoms with Gasteiger partial charge in [-0.15, -0.1) is 0 Å². The highest BCUT2D eigenvalue weighted by Crippen LogP contribution is 2.21. The standard InChI is InChI=1S/C3H4F4.C3H5F/c1-2(4)3(5,6)7;1-2-3-4/h2H,1H3;2-3H,1H3. The molecule has 0 nitrogen and oxygen atoms in total. The Labute approximate surface area is 61.7 Å². The summed E-state index contributed by atoms with van der Waals surface area (Å²) in [6, 6.07) is 0. The van der Waals surface area contributed by atoms with Gasteiger partial charge in [0.15, 0.2) is 6.17 Å². The summed E-state index contributed by atoms with van der Waals surface area (Å²) in [7, 11) is 0. The molecule has 68 valence electrons. The first kappa shape index (κ1) is 13.0. The zero-order valence-electron chi connectivity index (χ0n) is 6.12. The van der Waals surface area contributed by atoms with E-state index < -0.39 is 12.3 Å². The van der Waals surface area contributed by atoms with Gasteiger partial charge in [-0.25, -0.2) is 8.78 Å². The van der Waals surface area contributed by atoms with Crippen LogP contribution < -0.4 is 0 Å².